The van der Waals surface area contributed by atoms with Crippen LogP contribution in [0.4, 0.5) is 0 Å². The summed E-state index contributed by atoms with van der Waals surface area (Å²) in [5.41, 5.74) is 3.56. The molecule has 0 radical (unpaired) electrons. The summed E-state index contributed by atoms with van der Waals surface area (Å²) >= 11 is 0. The lowest BCUT2D eigenvalue weighted by molar-refractivity contribution is 0.501. The molecule has 0 saturated carbocycles. The van der Waals surface area contributed by atoms with Gasteiger partial charge in [-0.3, -0.25) is 9.67 Å². The van der Waals surface area contributed by atoms with Crippen molar-refractivity contribution >= 4 is 0 Å². The molecular formula is C14H20N4. The highest BCUT2D eigenvalue weighted by molar-refractivity contribution is 5.21. The van der Waals surface area contributed by atoms with E-state index in [1.54, 1.807) is 0 Å². The zero-order valence-electron chi connectivity index (χ0n) is 11.2. The van der Waals surface area contributed by atoms with Crippen molar-refractivity contribution in [2.75, 3.05) is 6.54 Å². The number of hydrogen-bond donors (Lipinski definition) is 1. The van der Waals surface area contributed by atoms with Crippen LogP contribution in [0.15, 0.2) is 30.6 Å². The monoisotopic (exact) mass is 244 g/mol. The van der Waals surface area contributed by atoms with Crippen LogP contribution in [0.25, 0.3) is 0 Å². The molecule has 1 N–H and O–H groups in total. The Balaban J connectivity index is 2.24. The Bertz CT molecular complexity index is 470. The van der Waals surface area contributed by atoms with Gasteiger partial charge in [-0.1, -0.05) is 13.0 Å². The predicted octanol–water partition coefficient (Wildman–Crippen LogP) is 2.02. The van der Waals surface area contributed by atoms with Crippen LogP contribution >= 0.6 is 0 Å². The maximum Gasteiger partial charge on any atom is 0.0583 e. The van der Waals surface area contributed by atoms with Gasteiger partial charge in [-0.25, -0.2) is 0 Å². The van der Waals surface area contributed by atoms with Gasteiger partial charge in [-0.15, -0.1) is 0 Å². The fraction of sp³-hybridized carbons (Fsp3) is 0.429. The average Bonchev–Trinajstić information content (AvgIpc) is 2.70. The first-order chi connectivity index (χ1) is 8.72. The summed E-state index contributed by atoms with van der Waals surface area (Å²) in [5, 5.41) is 7.83. The SMILES string of the molecule is CCNC(Cc1ccccn1)c1c(C)cnn1C. The zero-order valence-corrected chi connectivity index (χ0v) is 11.2. The van der Waals surface area contributed by atoms with E-state index >= 15 is 0 Å². The number of aryl methyl sites for hydroxylation is 2. The molecule has 2 aromatic rings. The van der Waals surface area contributed by atoms with Crippen molar-refractivity contribution in [3.63, 3.8) is 0 Å². The Morgan fingerprint density at radius 1 is 1.39 bits per heavy atom. The van der Waals surface area contributed by atoms with Crippen LogP contribution < -0.4 is 5.32 Å². The summed E-state index contributed by atoms with van der Waals surface area (Å²) in [6.45, 7) is 5.16. The van der Waals surface area contributed by atoms with Crippen LogP contribution in [0.3, 0.4) is 0 Å². The molecule has 2 heterocycles. The summed E-state index contributed by atoms with van der Waals surface area (Å²) in [7, 11) is 1.99. The number of nitrogens with zero attached hydrogens (tertiary/aromatic N) is 3. The maximum absolute atomic E-state index is 4.40. The molecule has 96 valence electrons. The van der Waals surface area contributed by atoms with Gasteiger partial charge in [0.15, 0.2) is 0 Å². The van der Waals surface area contributed by atoms with Crippen molar-refractivity contribution in [1.82, 2.24) is 20.1 Å². The first-order valence-electron chi connectivity index (χ1n) is 6.34. The highest BCUT2D eigenvalue weighted by Gasteiger charge is 2.17. The quantitative estimate of drug-likeness (QED) is 0.875. The first kappa shape index (κ1) is 12.8. The number of pyridine rings is 1. The lowest BCUT2D eigenvalue weighted by Gasteiger charge is -2.19. The van der Waals surface area contributed by atoms with Gasteiger partial charge in [-0.05, 0) is 31.2 Å². The van der Waals surface area contributed by atoms with Crippen molar-refractivity contribution in [2.45, 2.75) is 26.3 Å². The third-order valence-corrected chi connectivity index (χ3v) is 3.10. The Hall–Kier alpha value is -1.68. The number of aromatic nitrogens is 3. The summed E-state index contributed by atoms with van der Waals surface area (Å²) in [5.74, 6) is 0. The second-order valence-corrected chi connectivity index (χ2v) is 4.47. The van der Waals surface area contributed by atoms with Crippen molar-refractivity contribution in [1.29, 1.82) is 0 Å². The fourth-order valence-corrected chi connectivity index (χ4v) is 2.30. The van der Waals surface area contributed by atoms with Crippen LogP contribution in [-0.2, 0) is 13.5 Å². The van der Waals surface area contributed by atoms with Gasteiger partial charge >= 0.3 is 0 Å². The highest BCUT2D eigenvalue weighted by Crippen LogP contribution is 2.20. The van der Waals surface area contributed by atoms with Gasteiger partial charge < -0.3 is 5.32 Å². The van der Waals surface area contributed by atoms with E-state index in [0.29, 0.717) is 0 Å². The van der Waals surface area contributed by atoms with Gasteiger partial charge in [0.05, 0.1) is 17.9 Å². The van der Waals surface area contributed by atoms with Crippen LogP contribution in [0, 0.1) is 6.92 Å². The van der Waals surface area contributed by atoms with Crippen molar-refractivity contribution in [2.24, 2.45) is 7.05 Å². The molecule has 0 aliphatic heterocycles. The molecule has 0 spiro atoms. The Morgan fingerprint density at radius 3 is 2.78 bits per heavy atom. The molecule has 18 heavy (non-hydrogen) atoms. The van der Waals surface area contributed by atoms with E-state index in [2.05, 4.69) is 35.3 Å². The molecule has 0 saturated heterocycles. The second-order valence-electron chi connectivity index (χ2n) is 4.47. The summed E-state index contributed by atoms with van der Waals surface area (Å²) in [6.07, 6.45) is 4.64. The molecule has 2 rings (SSSR count). The number of hydrogen-bond acceptors (Lipinski definition) is 3. The van der Waals surface area contributed by atoms with Gasteiger partial charge in [0.1, 0.15) is 0 Å². The molecule has 0 aliphatic carbocycles. The molecule has 0 aromatic carbocycles. The number of likely N-dealkylation sites (N-methyl/N-ethyl adjacent to an activating group) is 1. The molecule has 0 aliphatic rings. The number of nitrogens with one attached hydrogen (secondary N) is 1. The predicted molar refractivity (Wildman–Crippen MR) is 72.3 cm³/mol. The largest absolute Gasteiger partial charge is 0.309 e. The molecule has 2 aromatic heterocycles. The van der Waals surface area contributed by atoms with E-state index in [1.807, 2.05) is 36.3 Å². The van der Waals surface area contributed by atoms with E-state index < -0.39 is 0 Å². The van der Waals surface area contributed by atoms with Crippen molar-refractivity contribution in [3.05, 3.63) is 47.5 Å². The van der Waals surface area contributed by atoms with E-state index in [-0.39, 0.29) is 6.04 Å². The van der Waals surface area contributed by atoms with Crippen LogP contribution in [0.5, 0.6) is 0 Å². The van der Waals surface area contributed by atoms with Crippen LogP contribution in [0.2, 0.25) is 0 Å². The van der Waals surface area contributed by atoms with Gasteiger partial charge in [-0.2, -0.15) is 5.10 Å². The van der Waals surface area contributed by atoms with E-state index in [4.69, 9.17) is 0 Å². The lowest BCUT2D eigenvalue weighted by Crippen LogP contribution is -2.26. The smallest absolute Gasteiger partial charge is 0.0583 e. The number of rotatable bonds is 5. The Morgan fingerprint density at radius 2 is 2.22 bits per heavy atom. The van der Waals surface area contributed by atoms with E-state index in [9.17, 15) is 0 Å². The first-order valence-corrected chi connectivity index (χ1v) is 6.34. The van der Waals surface area contributed by atoms with Crippen molar-refractivity contribution < 1.29 is 0 Å². The normalized spacial score (nSPS) is 12.6. The molecular weight excluding hydrogens is 224 g/mol. The minimum atomic E-state index is 0.261. The fourth-order valence-electron chi connectivity index (χ4n) is 2.30. The maximum atomic E-state index is 4.40. The Kier molecular flexibility index (Phi) is 4.10. The van der Waals surface area contributed by atoms with Gasteiger partial charge in [0.2, 0.25) is 0 Å². The van der Waals surface area contributed by atoms with Crippen LogP contribution in [-0.4, -0.2) is 21.3 Å². The molecule has 4 heteroatoms. The summed E-state index contributed by atoms with van der Waals surface area (Å²) in [4.78, 5) is 4.40. The molecule has 1 atom stereocenters. The minimum absolute atomic E-state index is 0.261. The molecule has 0 bridgehead atoms. The molecule has 1 unspecified atom stereocenters. The summed E-state index contributed by atoms with van der Waals surface area (Å²) in [6, 6.07) is 6.30. The third-order valence-electron chi connectivity index (χ3n) is 3.10. The standard InChI is InChI=1S/C14H20N4/c1-4-15-13(9-12-7-5-6-8-16-12)14-11(2)10-17-18(14)3/h5-8,10,13,15H,4,9H2,1-3H3. The van der Waals surface area contributed by atoms with Gasteiger partial charge in [0.25, 0.3) is 0 Å². The topological polar surface area (TPSA) is 42.7 Å². The minimum Gasteiger partial charge on any atom is -0.309 e. The van der Waals surface area contributed by atoms with Crippen LogP contribution in [0.1, 0.15) is 29.9 Å². The van der Waals surface area contributed by atoms with E-state index in [0.717, 1.165) is 18.7 Å². The van der Waals surface area contributed by atoms with E-state index in [1.165, 1.54) is 11.3 Å². The second kappa shape index (κ2) is 5.78. The Labute approximate surface area is 108 Å². The molecule has 0 amide bonds. The third kappa shape index (κ3) is 2.76. The van der Waals surface area contributed by atoms with Crippen molar-refractivity contribution in [3.8, 4) is 0 Å². The lowest BCUT2D eigenvalue weighted by atomic mass is 10.0. The molecule has 0 fully saturated rings. The molecule has 4 nitrogen and oxygen atoms in total. The highest BCUT2D eigenvalue weighted by atomic mass is 15.3. The van der Waals surface area contributed by atoms with Gasteiger partial charge in [0, 0.05) is 25.4 Å². The zero-order chi connectivity index (χ0) is 13.0. The average molecular weight is 244 g/mol. The summed E-state index contributed by atoms with van der Waals surface area (Å²) < 4.78 is 1.95.